The van der Waals surface area contributed by atoms with Crippen molar-refractivity contribution < 1.29 is 5.11 Å². The topological polar surface area (TPSA) is 32.3 Å². The van der Waals surface area contributed by atoms with Crippen molar-refractivity contribution in [3.05, 3.63) is 72.4 Å². The molecule has 112 valence electrons. The molecule has 0 radical (unpaired) electrons. The van der Waals surface area contributed by atoms with Crippen LogP contribution in [0.1, 0.15) is 25.3 Å². The van der Waals surface area contributed by atoms with Crippen molar-refractivity contribution in [1.29, 1.82) is 0 Å². The second-order valence-electron chi connectivity index (χ2n) is 5.51. The molecule has 0 bridgehead atoms. The first-order valence-electron chi connectivity index (χ1n) is 7.68. The summed E-state index contributed by atoms with van der Waals surface area (Å²) < 4.78 is 0. The van der Waals surface area contributed by atoms with Gasteiger partial charge in [-0.3, -0.25) is 0 Å². The van der Waals surface area contributed by atoms with E-state index >= 15 is 0 Å². The minimum absolute atomic E-state index is 0.204. The monoisotopic (exact) mass is 283 g/mol. The van der Waals surface area contributed by atoms with Gasteiger partial charge in [0.15, 0.2) is 0 Å². The van der Waals surface area contributed by atoms with Crippen molar-refractivity contribution in [2.45, 2.75) is 25.4 Å². The fraction of sp³-hybridized carbons (Fsp3) is 0.368. The van der Waals surface area contributed by atoms with Crippen molar-refractivity contribution in [2.75, 3.05) is 13.1 Å². The lowest BCUT2D eigenvalue weighted by Crippen LogP contribution is -2.42. The fourth-order valence-corrected chi connectivity index (χ4v) is 3.12. The Hall–Kier alpha value is -1.64. The third-order valence-corrected chi connectivity index (χ3v) is 4.27. The lowest BCUT2D eigenvalue weighted by molar-refractivity contribution is 0.00173. The van der Waals surface area contributed by atoms with Crippen molar-refractivity contribution in [3.63, 3.8) is 0 Å². The summed E-state index contributed by atoms with van der Waals surface area (Å²) in [6.45, 7) is 7.80. The molecule has 0 aliphatic carbocycles. The molecule has 21 heavy (non-hydrogen) atoms. The Labute approximate surface area is 127 Å². The van der Waals surface area contributed by atoms with Gasteiger partial charge in [-0.2, -0.15) is 0 Å². The highest BCUT2D eigenvalue weighted by molar-refractivity contribution is 5.40. The van der Waals surface area contributed by atoms with Crippen LogP contribution in [-0.4, -0.2) is 18.2 Å². The molecule has 1 aromatic carbocycles. The van der Waals surface area contributed by atoms with Gasteiger partial charge in [0.25, 0.3) is 0 Å². The second-order valence-corrected chi connectivity index (χ2v) is 5.51. The van der Waals surface area contributed by atoms with Gasteiger partial charge in [0.1, 0.15) is 5.60 Å². The third kappa shape index (κ3) is 3.34. The molecule has 0 saturated carbocycles. The van der Waals surface area contributed by atoms with E-state index in [2.05, 4.69) is 11.9 Å². The van der Waals surface area contributed by atoms with Crippen molar-refractivity contribution in [3.8, 4) is 0 Å². The molecule has 2 nitrogen and oxygen atoms in total. The normalized spacial score (nSPS) is 20.4. The summed E-state index contributed by atoms with van der Waals surface area (Å²) in [4.78, 5) is 0. The Morgan fingerprint density at radius 2 is 1.95 bits per heavy atom. The maximum absolute atomic E-state index is 11.6. The predicted molar refractivity (Wildman–Crippen MR) is 89.0 cm³/mol. The zero-order chi connectivity index (χ0) is 15.1. The van der Waals surface area contributed by atoms with Gasteiger partial charge in [-0.1, -0.05) is 61.2 Å². The average molecular weight is 283 g/mol. The molecule has 2 rings (SSSR count). The van der Waals surface area contributed by atoms with Gasteiger partial charge < -0.3 is 10.4 Å². The van der Waals surface area contributed by atoms with Crippen LogP contribution in [0.15, 0.2) is 66.8 Å². The Kier molecular flexibility index (Phi) is 5.54. The molecule has 2 N–H and O–H groups in total. The number of rotatable bonds is 5. The van der Waals surface area contributed by atoms with E-state index < -0.39 is 5.60 Å². The lowest BCUT2D eigenvalue weighted by Gasteiger charge is -2.40. The molecule has 0 amide bonds. The molecular formula is C19H25NO. The van der Waals surface area contributed by atoms with Crippen LogP contribution in [-0.2, 0) is 5.60 Å². The first kappa shape index (κ1) is 15.7. The summed E-state index contributed by atoms with van der Waals surface area (Å²) in [5.74, 6) is 0.204. The summed E-state index contributed by atoms with van der Waals surface area (Å²) in [5.41, 5.74) is 0.858. The number of aliphatic hydroxyl groups is 1. The number of hydrogen-bond acceptors (Lipinski definition) is 2. The van der Waals surface area contributed by atoms with Crippen molar-refractivity contribution >= 4 is 0 Å². The summed E-state index contributed by atoms with van der Waals surface area (Å²) in [7, 11) is 0. The first-order valence-corrected chi connectivity index (χ1v) is 7.68. The molecule has 0 aromatic heterocycles. The molecule has 0 spiro atoms. The molecular weight excluding hydrogens is 258 g/mol. The van der Waals surface area contributed by atoms with Crippen LogP contribution < -0.4 is 5.32 Å². The maximum atomic E-state index is 11.6. The van der Waals surface area contributed by atoms with Gasteiger partial charge in [0.05, 0.1) is 0 Å². The predicted octanol–water partition coefficient (Wildman–Crippen LogP) is 3.56. The van der Waals surface area contributed by atoms with Crippen LogP contribution in [0.4, 0.5) is 0 Å². The van der Waals surface area contributed by atoms with Crippen molar-refractivity contribution in [2.24, 2.45) is 5.92 Å². The largest absolute Gasteiger partial charge is 0.380 e. The molecule has 1 heterocycles. The van der Waals surface area contributed by atoms with Gasteiger partial charge in [-0.05, 0) is 49.9 Å². The van der Waals surface area contributed by atoms with Crippen LogP contribution in [0, 0.1) is 5.92 Å². The third-order valence-electron chi connectivity index (χ3n) is 4.27. The van der Waals surface area contributed by atoms with E-state index in [1.165, 1.54) is 0 Å². The summed E-state index contributed by atoms with van der Waals surface area (Å²) in [5, 5.41) is 15.0. The van der Waals surface area contributed by atoms with Gasteiger partial charge in [0, 0.05) is 0 Å². The smallest absolute Gasteiger partial charge is 0.117 e. The zero-order valence-electron chi connectivity index (χ0n) is 12.8. The van der Waals surface area contributed by atoms with E-state index in [1.54, 1.807) is 6.08 Å². The molecule has 1 unspecified atom stereocenters. The van der Waals surface area contributed by atoms with Gasteiger partial charge >= 0.3 is 0 Å². The highest BCUT2D eigenvalue weighted by atomic mass is 16.3. The van der Waals surface area contributed by atoms with Crippen LogP contribution >= 0.6 is 0 Å². The number of allylic oxidation sites excluding steroid dienone is 3. The molecule has 1 aromatic rings. The Bertz CT molecular complexity index is 512. The molecule has 1 aliphatic heterocycles. The fourth-order valence-electron chi connectivity index (χ4n) is 3.12. The van der Waals surface area contributed by atoms with E-state index in [0.717, 1.165) is 37.1 Å². The quantitative estimate of drug-likeness (QED) is 0.810. The SMILES string of the molecule is C=C/C(=C\C=C/C)C(O)(c1ccccc1)C1CCNCC1. The number of benzene rings is 1. The Balaban J connectivity index is 2.49. The van der Waals surface area contributed by atoms with E-state index in [4.69, 9.17) is 0 Å². The van der Waals surface area contributed by atoms with Gasteiger partial charge in [-0.15, -0.1) is 0 Å². The lowest BCUT2D eigenvalue weighted by atomic mass is 9.71. The minimum Gasteiger partial charge on any atom is -0.380 e. The molecule has 1 aliphatic rings. The highest BCUT2D eigenvalue weighted by Crippen LogP contribution is 2.41. The maximum Gasteiger partial charge on any atom is 0.117 e. The Morgan fingerprint density at radius 1 is 1.29 bits per heavy atom. The molecule has 1 saturated heterocycles. The van der Waals surface area contributed by atoms with Gasteiger partial charge in [-0.25, -0.2) is 0 Å². The van der Waals surface area contributed by atoms with Crippen LogP contribution in [0.2, 0.25) is 0 Å². The Morgan fingerprint density at radius 3 is 2.52 bits per heavy atom. The standard InChI is InChI=1S/C19H25NO/c1-3-5-9-16(4-2)19(21,17-10-7-6-8-11-17)18-12-14-20-15-13-18/h3-11,18,20-21H,2,12-15H2,1H3/b5-3-,16-9+. The number of piperidine rings is 1. The van der Waals surface area contributed by atoms with E-state index in [9.17, 15) is 5.11 Å². The number of nitrogens with one attached hydrogen (secondary N) is 1. The molecule has 1 atom stereocenters. The minimum atomic E-state index is -0.968. The molecule has 1 fully saturated rings. The van der Waals surface area contributed by atoms with Gasteiger partial charge in [0.2, 0.25) is 0 Å². The van der Waals surface area contributed by atoms with Crippen molar-refractivity contribution in [1.82, 2.24) is 5.32 Å². The van der Waals surface area contributed by atoms with E-state index in [1.807, 2.05) is 55.5 Å². The first-order chi connectivity index (χ1) is 10.2. The second kappa shape index (κ2) is 7.39. The highest BCUT2D eigenvalue weighted by Gasteiger charge is 2.40. The van der Waals surface area contributed by atoms with Crippen LogP contribution in [0.25, 0.3) is 0 Å². The number of hydrogen-bond donors (Lipinski definition) is 2. The van der Waals surface area contributed by atoms with E-state index in [-0.39, 0.29) is 5.92 Å². The summed E-state index contributed by atoms with van der Waals surface area (Å²) in [6, 6.07) is 9.97. The zero-order valence-corrected chi connectivity index (χ0v) is 12.8. The van der Waals surface area contributed by atoms with E-state index in [0.29, 0.717) is 0 Å². The van der Waals surface area contributed by atoms with Crippen LogP contribution in [0.3, 0.4) is 0 Å². The van der Waals surface area contributed by atoms with Crippen LogP contribution in [0.5, 0.6) is 0 Å². The molecule has 2 heteroatoms. The average Bonchev–Trinajstić information content (AvgIpc) is 2.57. The summed E-state index contributed by atoms with van der Waals surface area (Å²) in [6.07, 6.45) is 9.62. The summed E-state index contributed by atoms with van der Waals surface area (Å²) >= 11 is 0.